The summed E-state index contributed by atoms with van der Waals surface area (Å²) in [5, 5.41) is 2.09. The molecular weight excluding hydrogens is 272 g/mol. The highest BCUT2D eigenvalue weighted by molar-refractivity contribution is 5.83. The van der Waals surface area contributed by atoms with Crippen molar-refractivity contribution < 1.29 is 4.79 Å². The van der Waals surface area contributed by atoms with E-state index in [9.17, 15) is 4.79 Å². The number of amides is 1. The molecule has 1 atom stereocenters. The summed E-state index contributed by atoms with van der Waals surface area (Å²) in [6.07, 6.45) is 3.35. The molecule has 1 heterocycles. The van der Waals surface area contributed by atoms with Crippen molar-refractivity contribution in [3.05, 3.63) is 35.4 Å². The Morgan fingerprint density at radius 2 is 1.86 bits per heavy atom. The molecule has 3 heteroatoms. The minimum absolute atomic E-state index is 0.103. The van der Waals surface area contributed by atoms with Crippen molar-refractivity contribution in [1.82, 2.24) is 10.4 Å². The maximum Gasteiger partial charge on any atom is 0.241 e. The Morgan fingerprint density at radius 3 is 2.50 bits per heavy atom. The molecule has 1 amide bonds. The maximum absolute atomic E-state index is 12.6. The second kappa shape index (κ2) is 7.77. The van der Waals surface area contributed by atoms with Gasteiger partial charge in [0.2, 0.25) is 5.91 Å². The van der Waals surface area contributed by atoms with Gasteiger partial charge in [0, 0.05) is 13.1 Å². The quantitative estimate of drug-likeness (QED) is 0.898. The van der Waals surface area contributed by atoms with Crippen LogP contribution in [0.4, 0.5) is 0 Å². The minimum Gasteiger partial charge on any atom is -0.288 e. The highest BCUT2D eigenvalue weighted by Crippen LogP contribution is 2.23. The number of nitrogens with one attached hydrogen (secondary N) is 1. The Balaban J connectivity index is 2.01. The van der Waals surface area contributed by atoms with Crippen LogP contribution in [0.1, 0.15) is 57.6 Å². The number of hydrazine groups is 1. The smallest absolute Gasteiger partial charge is 0.241 e. The van der Waals surface area contributed by atoms with Gasteiger partial charge < -0.3 is 0 Å². The molecule has 0 bridgehead atoms. The zero-order valence-electron chi connectivity index (χ0n) is 14.4. The van der Waals surface area contributed by atoms with Crippen molar-refractivity contribution in [2.24, 2.45) is 11.8 Å². The molecular formula is C19H30N2O. The number of carbonyl (C=O) groups excluding carboxylic acids is 1. The lowest BCUT2D eigenvalue weighted by Crippen LogP contribution is -2.47. The summed E-state index contributed by atoms with van der Waals surface area (Å²) >= 11 is 0. The molecule has 3 nitrogen and oxygen atoms in total. The lowest BCUT2D eigenvalue weighted by molar-refractivity contribution is -0.127. The lowest BCUT2D eigenvalue weighted by Gasteiger charge is -2.31. The molecule has 0 aliphatic carbocycles. The van der Waals surface area contributed by atoms with Crippen molar-refractivity contribution in [1.29, 1.82) is 0 Å². The fraction of sp³-hybridized carbons (Fsp3) is 0.632. The third kappa shape index (κ3) is 4.57. The second-order valence-corrected chi connectivity index (χ2v) is 7.16. The summed E-state index contributed by atoms with van der Waals surface area (Å²) in [6, 6.07) is 8.35. The molecule has 1 N–H and O–H groups in total. The number of piperidine rings is 1. The van der Waals surface area contributed by atoms with Crippen molar-refractivity contribution in [3.8, 4) is 0 Å². The molecule has 0 spiro atoms. The van der Waals surface area contributed by atoms with Gasteiger partial charge in [-0.2, -0.15) is 0 Å². The molecule has 0 radical (unpaired) electrons. The predicted molar refractivity (Wildman–Crippen MR) is 91.5 cm³/mol. The zero-order chi connectivity index (χ0) is 16.1. The number of rotatable bonds is 5. The zero-order valence-corrected chi connectivity index (χ0v) is 14.4. The van der Waals surface area contributed by atoms with E-state index in [1.807, 2.05) is 13.0 Å². The topological polar surface area (TPSA) is 32.3 Å². The Bertz CT molecular complexity index is 490. The van der Waals surface area contributed by atoms with Gasteiger partial charge in [-0.05, 0) is 49.1 Å². The summed E-state index contributed by atoms with van der Waals surface area (Å²) in [5.74, 6) is 1.39. The second-order valence-electron chi connectivity index (χ2n) is 7.16. The number of hydrogen-bond acceptors (Lipinski definition) is 2. The largest absolute Gasteiger partial charge is 0.288 e. The molecule has 0 aromatic heterocycles. The van der Waals surface area contributed by atoms with E-state index in [0.717, 1.165) is 25.4 Å². The van der Waals surface area contributed by atoms with E-state index >= 15 is 0 Å². The van der Waals surface area contributed by atoms with E-state index in [-0.39, 0.29) is 11.8 Å². The third-order valence-electron chi connectivity index (χ3n) is 4.59. The van der Waals surface area contributed by atoms with E-state index in [0.29, 0.717) is 5.92 Å². The van der Waals surface area contributed by atoms with Gasteiger partial charge in [0.25, 0.3) is 0 Å². The van der Waals surface area contributed by atoms with Gasteiger partial charge >= 0.3 is 0 Å². The highest BCUT2D eigenvalue weighted by Gasteiger charge is 2.22. The van der Waals surface area contributed by atoms with Gasteiger partial charge in [-0.1, -0.05) is 45.0 Å². The van der Waals surface area contributed by atoms with Crippen LogP contribution in [0.15, 0.2) is 24.3 Å². The average Bonchev–Trinajstić information content (AvgIpc) is 2.49. The maximum atomic E-state index is 12.6. The number of benzene rings is 1. The lowest BCUT2D eigenvalue weighted by atomic mass is 9.90. The van der Waals surface area contributed by atoms with Crippen LogP contribution >= 0.6 is 0 Å². The van der Waals surface area contributed by atoms with Gasteiger partial charge in [-0.15, -0.1) is 0 Å². The van der Waals surface area contributed by atoms with Gasteiger partial charge in [0.1, 0.15) is 0 Å². The molecule has 22 heavy (non-hydrogen) atoms. The highest BCUT2D eigenvalue weighted by atomic mass is 16.2. The minimum atomic E-state index is -0.103. The van der Waals surface area contributed by atoms with Crippen molar-refractivity contribution in [2.75, 3.05) is 13.1 Å². The summed E-state index contributed by atoms with van der Waals surface area (Å²) in [5.41, 5.74) is 5.58. The first-order valence-corrected chi connectivity index (χ1v) is 8.60. The Morgan fingerprint density at radius 1 is 1.23 bits per heavy atom. The van der Waals surface area contributed by atoms with Crippen molar-refractivity contribution >= 4 is 5.91 Å². The molecule has 0 saturated carbocycles. The standard InChI is InChI=1S/C19H30N2O/c1-14(2)13-17-7-5-6-8-18(17)16(4)19(22)20-21-11-9-15(3)10-12-21/h5-8,14-16H,9-13H2,1-4H3,(H,20,22)/t16-/m1/s1. The Kier molecular flexibility index (Phi) is 6.01. The van der Waals surface area contributed by atoms with E-state index in [2.05, 4.69) is 49.4 Å². The summed E-state index contributed by atoms with van der Waals surface area (Å²) in [7, 11) is 0. The molecule has 2 rings (SSSR count). The molecule has 1 saturated heterocycles. The van der Waals surface area contributed by atoms with Crippen LogP contribution in [0.2, 0.25) is 0 Å². The van der Waals surface area contributed by atoms with Crippen LogP contribution in [0.3, 0.4) is 0 Å². The summed E-state index contributed by atoms with van der Waals surface area (Å²) in [4.78, 5) is 12.6. The number of nitrogens with zero attached hydrogens (tertiary/aromatic N) is 1. The molecule has 122 valence electrons. The molecule has 1 aliphatic heterocycles. The van der Waals surface area contributed by atoms with E-state index in [1.54, 1.807) is 0 Å². The Hall–Kier alpha value is -1.35. The normalized spacial score (nSPS) is 18.4. The summed E-state index contributed by atoms with van der Waals surface area (Å²) in [6.45, 7) is 10.7. The predicted octanol–water partition coefficient (Wildman–Crippen LogP) is 3.75. The molecule has 0 unspecified atom stereocenters. The van der Waals surface area contributed by atoms with Crippen molar-refractivity contribution in [2.45, 2.75) is 52.9 Å². The first-order chi connectivity index (χ1) is 10.5. The SMILES string of the molecule is CC(C)Cc1ccccc1[C@@H](C)C(=O)NN1CCC(C)CC1. The first kappa shape index (κ1) is 17.0. The first-order valence-electron chi connectivity index (χ1n) is 8.60. The monoisotopic (exact) mass is 302 g/mol. The van der Waals surface area contributed by atoms with Gasteiger partial charge in [-0.3, -0.25) is 10.2 Å². The number of carbonyl (C=O) groups is 1. The van der Waals surface area contributed by atoms with E-state index in [4.69, 9.17) is 0 Å². The number of hydrogen-bond donors (Lipinski definition) is 1. The molecule has 1 fully saturated rings. The van der Waals surface area contributed by atoms with Crippen LogP contribution in [0.5, 0.6) is 0 Å². The molecule has 1 aromatic carbocycles. The van der Waals surface area contributed by atoms with Crippen LogP contribution in [-0.2, 0) is 11.2 Å². The molecule has 1 aliphatic rings. The Labute approximate surface area is 135 Å². The molecule has 1 aromatic rings. The van der Waals surface area contributed by atoms with Crippen LogP contribution in [0, 0.1) is 11.8 Å². The average molecular weight is 302 g/mol. The van der Waals surface area contributed by atoms with E-state index in [1.165, 1.54) is 24.0 Å². The van der Waals surface area contributed by atoms with Gasteiger partial charge in [0.05, 0.1) is 5.92 Å². The van der Waals surface area contributed by atoms with Crippen LogP contribution in [-0.4, -0.2) is 24.0 Å². The van der Waals surface area contributed by atoms with Crippen LogP contribution < -0.4 is 5.43 Å². The van der Waals surface area contributed by atoms with Crippen molar-refractivity contribution in [3.63, 3.8) is 0 Å². The fourth-order valence-electron chi connectivity index (χ4n) is 3.10. The van der Waals surface area contributed by atoms with E-state index < -0.39 is 0 Å². The van der Waals surface area contributed by atoms with Gasteiger partial charge in [0.15, 0.2) is 0 Å². The van der Waals surface area contributed by atoms with Crippen LogP contribution in [0.25, 0.3) is 0 Å². The summed E-state index contributed by atoms with van der Waals surface area (Å²) < 4.78 is 0. The fourth-order valence-corrected chi connectivity index (χ4v) is 3.10. The third-order valence-corrected chi connectivity index (χ3v) is 4.59. The van der Waals surface area contributed by atoms with Gasteiger partial charge in [-0.25, -0.2) is 5.01 Å².